The van der Waals surface area contributed by atoms with Gasteiger partial charge in [0.15, 0.2) is 0 Å². The second-order valence-corrected chi connectivity index (χ2v) is 3.55. The van der Waals surface area contributed by atoms with Gasteiger partial charge in [-0.05, 0) is 0 Å². The first kappa shape index (κ1) is 33.6. The summed E-state index contributed by atoms with van der Waals surface area (Å²) < 4.78 is 0. The molecule has 0 bridgehead atoms. The molecule has 3 radical (unpaired) electrons. The molecule has 0 aromatic heterocycles. The number of aliphatic carboxylic acids is 1. The minimum absolute atomic E-state index is 0. The van der Waals surface area contributed by atoms with Gasteiger partial charge in [-0.3, -0.25) is 9.59 Å². The first-order valence-corrected chi connectivity index (χ1v) is 6.15. The molecule has 11 heteroatoms. The van der Waals surface area contributed by atoms with Crippen LogP contribution < -0.4 is 10.6 Å². The third kappa shape index (κ3) is 38.7. The molecule has 21 heavy (non-hydrogen) atoms. The summed E-state index contributed by atoms with van der Waals surface area (Å²) in [5.41, 5.74) is 0. The van der Waals surface area contributed by atoms with E-state index in [0.29, 0.717) is 18.8 Å². The summed E-state index contributed by atoms with van der Waals surface area (Å²) in [6.07, 6.45) is 0.248. The molecule has 0 aromatic rings. The Morgan fingerprint density at radius 2 is 1.43 bits per heavy atom. The fourth-order valence-corrected chi connectivity index (χ4v) is 0.958. The summed E-state index contributed by atoms with van der Waals surface area (Å²) in [5.74, 6) is -0.719. The van der Waals surface area contributed by atoms with Crippen LogP contribution in [0.3, 0.4) is 0 Å². The van der Waals surface area contributed by atoms with Gasteiger partial charge in [0.25, 0.3) is 0 Å². The third-order valence-corrected chi connectivity index (χ3v) is 1.77. The maximum Gasteiger partial charge on any atom is 0.305 e. The molecule has 0 fully saturated rings. The van der Waals surface area contributed by atoms with Gasteiger partial charge in [0.2, 0.25) is 5.91 Å². The topological polar surface area (TPSA) is 119 Å². The largest absolute Gasteiger partial charge is 0.792 e. The SMILES string of the molecule is O=C(O)CCNC(=O)CC[S-].OCCNCCO.[Ir].[V].[V]. The molecule has 0 saturated carbocycles. The van der Waals surface area contributed by atoms with Crippen molar-refractivity contribution in [2.75, 3.05) is 38.6 Å². The molecule has 0 atom stereocenters. The minimum atomic E-state index is -0.913. The minimum Gasteiger partial charge on any atom is -0.792 e. The van der Waals surface area contributed by atoms with Gasteiger partial charge >= 0.3 is 5.97 Å². The number of carboxylic acids is 1. The van der Waals surface area contributed by atoms with Gasteiger partial charge in [0.1, 0.15) is 0 Å². The summed E-state index contributed by atoms with van der Waals surface area (Å²) in [7, 11) is 0. The number of hydrogen-bond donors (Lipinski definition) is 5. The molecular formula is C10H21IrN2O5SV2-. The molecule has 0 aromatic carbocycles. The average molecular weight is 575 g/mol. The van der Waals surface area contributed by atoms with Crippen molar-refractivity contribution in [3.05, 3.63) is 0 Å². The molecule has 0 saturated heterocycles. The van der Waals surface area contributed by atoms with Crippen LogP contribution in [0, 0.1) is 0 Å². The van der Waals surface area contributed by atoms with Crippen LogP contribution in [-0.4, -0.2) is 65.8 Å². The van der Waals surface area contributed by atoms with Crippen LogP contribution in [0.4, 0.5) is 0 Å². The van der Waals surface area contributed by atoms with E-state index in [1.165, 1.54) is 0 Å². The molecule has 7 nitrogen and oxygen atoms in total. The number of carboxylic acid groups (broad SMARTS) is 1. The monoisotopic (exact) mass is 576 g/mol. The Bertz CT molecular complexity index is 228. The van der Waals surface area contributed by atoms with E-state index in [-0.39, 0.29) is 95.7 Å². The second-order valence-electron chi connectivity index (χ2n) is 3.15. The summed E-state index contributed by atoms with van der Waals surface area (Å²) in [4.78, 5) is 20.6. The number of carbonyl (C=O) groups excluding carboxylic acids is 1. The number of aliphatic hydroxyl groups excluding tert-OH is 2. The molecule has 0 heterocycles. The Morgan fingerprint density at radius 1 is 0.952 bits per heavy atom. The Balaban J connectivity index is -0.0000000762. The molecule has 0 spiro atoms. The van der Waals surface area contributed by atoms with Crippen molar-refractivity contribution in [3.63, 3.8) is 0 Å². The van der Waals surface area contributed by atoms with E-state index in [1.807, 2.05) is 0 Å². The summed E-state index contributed by atoms with van der Waals surface area (Å²) in [5, 5.41) is 29.7. The smallest absolute Gasteiger partial charge is 0.305 e. The van der Waals surface area contributed by atoms with Crippen molar-refractivity contribution >= 4 is 24.5 Å². The van der Waals surface area contributed by atoms with Crippen molar-refractivity contribution in [1.82, 2.24) is 10.6 Å². The van der Waals surface area contributed by atoms with Crippen LogP contribution in [0.5, 0.6) is 0 Å². The van der Waals surface area contributed by atoms with Crippen molar-refractivity contribution in [3.8, 4) is 0 Å². The number of carbonyl (C=O) groups is 2. The fourth-order valence-electron chi connectivity index (χ4n) is 0.773. The Labute approximate surface area is 167 Å². The quantitative estimate of drug-likeness (QED) is 0.161. The van der Waals surface area contributed by atoms with Gasteiger partial charge < -0.3 is 38.6 Å². The predicted molar refractivity (Wildman–Crippen MR) is 69.2 cm³/mol. The summed E-state index contributed by atoms with van der Waals surface area (Å²) in [6.45, 7) is 1.60. The maximum absolute atomic E-state index is 10.7. The van der Waals surface area contributed by atoms with Crippen LogP contribution in [-0.2, 0) is 79.4 Å². The van der Waals surface area contributed by atoms with Crippen LogP contribution in [0.2, 0.25) is 0 Å². The number of aliphatic hydroxyl groups is 2. The van der Waals surface area contributed by atoms with E-state index < -0.39 is 5.97 Å². The molecule has 0 aliphatic heterocycles. The molecule has 1 amide bonds. The number of rotatable bonds is 9. The van der Waals surface area contributed by atoms with E-state index in [4.69, 9.17) is 15.3 Å². The van der Waals surface area contributed by atoms with Gasteiger partial charge in [-0.1, -0.05) is 0 Å². The van der Waals surface area contributed by atoms with Crippen molar-refractivity contribution in [1.29, 1.82) is 0 Å². The summed E-state index contributed by atoms with van der Waals surface area (Å²) >= 11 is 4.55. The van der Waals surface area contributed by atoms with Gasteiger partial charge in [-0.15, -0.1) is 0 Å². The molecule has 127 valence electrons. The van der Waals surface area contributed by atoms with E-state index in [1.54, 1.807) is 0 Å². The normalized spacial score (nSPS) is 7.95. The number of hydrogen-bond acceptors (Lipinski definition) is 6. The van der Waals surface area contributed by atoms with E-state index >= 15 is 0 Å². The second kappa shape index (κ2) is 29.1. The molecule has 0 aliphatic rings. The third-order valence-electron chi connectivity index (χ3n) is 1.57. The standard InChI is InChI=1S/C6H11NO3S.C4H11NO2.Ir.2V/c8-5(2-4-11)7-3-1-6(9)10;6-3-1-5-2-4-7;;;/h11H,1-4H2,(H,7,8)(H,9,10);5-7H,1-4H2;;;/p-1. The Morgan fingerprint density at radius 3 is 1.76 bits per heavy atom. The maximum atomic E-state index is 10.7. The van der Waals surface area contributed by atoms with Crippen molar-refractivity contribution < 1.29 is 82.1 Å². The molecule has 0 rings (SSSR count). The number of nitrogens with one attached hydrogen (secondary N) is 2. The van der Waals surface area contributed by atoms with Crippen LogP contribution in [0.1, 0.15) is 12.8 Å². The van der Waals surface area contributed by atoms with E-state index in [0.717, 1.165) is 0 Å². The van der Waals surface area contributed by atoms with Gasteiger partial charge in [-0.2, -0.15) is 5.75 Å². The first-order chi connectivity index (χ1) is 8.58. The number of amides is 1. The first-order valence-electron chi connectivity index (χ1n) is 5.57. The summed E-state index contributed by atoms with van der Waals surface area (Å²) in [6, 6.07) is 0. The van der Waals surface area contributed by atoms with Gasteiger partial charge in [0, 0.05) is 83.3 Å². The predicted octanol–water partition coefficient (Wildman–Crippen LogP) is -1.93. The van der Waals surface area contributed by atoms with Crippen LogP contribution in [0.15, 0.2) is 0 Å². The van der Waals surface area contributed by atoms with Crippen molar-refractivity contribution in [2.24, 2.45) is 0 Å². The zero-order valence-corrected chi connectivity index (χ0v) is 17.5. The average Bonchev–Trinajstić information content (AvgIpc) is 2.30. The van der Waals surface area contributed by atoms with E-state index in [2.05, 4.69) is 23.3 Å². The van der Waals surface area contributed by atoms with Crippen LogP contribution in [0.25, 0.3) is 0 Å². The zero-order valence-electron chi connectivity index (χ0n) is 11.5. The fraction of sp³-hybridized carbons (Fsp3) is 0.800. The zero-order chi connectivity index (χ0) is 14.2. The molecule has 0 aliphatic carbocycles. The van der Waals surface area contributed by atoms with E-state index in [9.17, 15) is 9.59 Å². The van der Waals surface area contributed by atoms with Gasteiger partial charge in [-0.25, -0.2) is 0 Å². The Hall–Kier alpha value is 0.988. The molecule has 5 N–H and O–H groups in total. The van der Waals surface area contributed by atoms with Crippen molar-refractivity contribution in [2.45, 2.75) is 12.8 Å². The van der Waals surface area contributed by atoms with Gasteiger partial charge in [0.05, 0.1) is 19.6 Å². The van der Waals surface area contributed by atoms with Crippen LogP contribution >= 0.6 is 0 Å². The Kier molecular flexibility index (Phi) is 46.4. The molecule has 0 unspecified atom stereocenters. The molecular weight excluding hydrogens is 554 g/mol.